The minimum atomic E-state index is -0.417. The fourth-order valence-corrected chi connectivity index (χ4v) is 0.323. The highest BCUT2D eigenvalue weighted by molar-refractivity contribution is 5.85. The summed E-state index contributed by atoms with van der Waals surface area (Å²) in [5, 5.41) is 0. The number of nitrogens with zero attached hydrogens (tertiary/aromatic N) is 1. The molecule has 0 aromatic carbocycles. The van der Waals surface area contributed by atoms with Gasteiger partial charge in [0.25, 0.3) is 0 Å². The number of rotatable bonds is 0. The molecule has 8 heavy (non-hydrogen) atoms. The van der Waals surface area contributed by atoms with E-state index >= 15 is 0 Å². The number of guanidine groups is 1. The van der Waals surface area contributed by atoms with Gasteiger partial charge in [-0.25, -0.2) is 9.79 Å². The number of hydroxylamine groups is 1. The zero-order chi connectivity index (χ0) is 5.98. The Morgan fingerprint density at radius 1 is 1.88 bits per heavy atom. The maximum atomic E-state index is 10.2. The number of carbonyl (C=O) groups is 1. The number of nitrogens with one attached hydrogen (secondary N) is 1. The molecule has 0 fully saturated rings. The Labute approximate surface area is 45.5 Å². The van der Waals surface area contributed by atoms with Crippen molar-refractivity contribution < 1.29 is 9.63 Å². The van der Waals surface area contributed by atoms with E-state index in [1.807, 2.05) is 0 Å². The second-order valence-corrected chi connectivity index (χ2v) is 1.28. The first-order valence-electron chi connectivity index (χ1n) is 2.04. The van der Waals surface area contributed by atoms with Gasteiger partial charge in [-0.05, 0) is 0 Å². The molecule has 0 unspecified atom stereocenters. The highest BCUT2D eigenvalue weighted by Gasteiger charge is 2.07. The molecule has 1 rings (SSSR count). The first-order valence-corrected chi connectivity index (χ1v) is 2.04. The van der Waals surface area contributed by atoms with Gasteiger partial charge in [-0.1, -0.05) is 0 Å². The van der Waals surface area contributed by atoms with E-state index in [-0.39, 0.29) is 12.5 Å². The molecule has 0 aromatic heterocycles. The van der Waals surface area contributed by atoms with Crippen molar-refractivity contribution in [3.63, 3.8) is 0 Å². The summed E-state index contributed by atoms with van der Waals surface area (Å²) < 4.78 is 0. The lowest BCUT2D eigenvalue weighted by atomic mass is 10.7. The third-order valence-electron chi connectivity index (χ3n) is 0.648. The quantitative estimate of drug-likeness (QED) is 0.397. The Kier molecular flexibility index (Phi) is 1.03. The van der Waals surface area contributed by atoms with Crippen molar-refractivity contribution >= 4 is 11.9 Å². The second-order valence-electron chi connectivity index (χ2n) is 1.28. The molecule has 0 saturated heterocycles. The summed E-state index contributed by atoms with van der Waals surface area (Å²) in [6, 6.07) is 0. The van der Waals surface area contributed by atoms with Gasteiger partial charge >= 0.3 is 5.97 Å². The van der Waals surface area contributed by atoms with Crippen LogP contribution in [-0.4, -0.2) is 18.5 Å². The van der Waals surface area contributed by atoms with Crippen LogP contribution in [0.25, 0.3) is 0 Å². The van der Waals surface area contributed by atoms with Crippen LogP contribution in [0.5, 0.6) is 0 Å². The van der Waals surface area contributed by atoms with Crippen LogP contribution in [0, 0.1) is 0 Å². The van der Waals surface area contributed by atoms with Crippen molar-refractivity contribution in [1.29, 1.82) is 0 Å². The molecule has 0 bridgehead atoms. The van der Waals surface area contributed by atoms with Crippen molar-refractivity contribution in [2.75, 3.05) is 6.54 Å². The van der Waals surface area contributed by atoms with E-state index in [1.54, 1.807) is 0 Å². The molecule has 1 heterocycles. The first kappa shape index (κ1) is 4.89. The molecular formula is C3H5N3O2. The summed E-state index contributed by atoms with van der Waals surface area (Å²) in [6.07, 6.45) is 0. The Bertz CT molecular complexity index is 141. The van der Waals surface area contributed by atoms with Crippen LogP contribution in [-0.2, 0) is 9.63 Å². The van der Waals surface area contributed by atoms with Crippen LogP contribution in [0.1, 0.15) is 0 Å². The minimum Gasteiger partial charge on any atom is -0.368 e. The predicted molar refractivity (Wildman–Crippen MR) is 25.7 cm³/mol. The van der Waals surface area contributed by atoms with Gasteiger partial charge in [0, 0.05) is 0 Å². The lowest BCUT2D eigenvalue weighted by Crippen LogP contribution is -2.38. The molecule has 0 amide bonds. The predicted octanol–water partition coefficient (Wildman–Crippen LogP) is -1.64. The third-order valence-corrected chi connectivity index (χ3v) is 0.648. The summed E-state index contributed by atoms with van der Waals surface area (Å²) in [6.45, 7) is 0.0127. The van der Waals surface area contributed by atoms with Gasteiger partial charge in [0.1, 0.15) is 6.54 Å². The average molecular weight is 115 g/mol. The minimum absolute atomic E-state index is 0.0127. The van der Waals surface area contributed by atoms with Gasteiger partial charge in [-0.15, -0.1) is 0 Å². The van der Waals surface area contributed by atoms with Crippen molar-refractivity contribution in [3.05, 3.63) is 0 Å². The fourth-order valence-electron chi connectivity index (χ4n) is 0.323. The van der Waals surface area contributed by atoms with E-state index in [0.717, 1.165) is 0 Å². The molecule has 0 aromatic rings. The maximum Gasteiger partial charge on any atom is 0.353 e. The molecule has 3 N–H and O–H groups in total. The second kappa shape index (κ2) is 1.69. The van der Waals surface area contributed by atoms with Gasteiger partial charge in [-0.3, -0.25) is 0 Å². The molecule has 5 nitrogen and oxygen atoms in total. The summed E-state index contributed by atoms with van der Waals surface area (Å²) >= 11 is 0. The molecule has 1 aliphatic heterocycles. The van der Waals surface area contributed by atoms with E-state index in [0.29, 0.717) is 0 Å². The monoisotopic (exact) mass is 115 g/mol. The molecule has 1 aliphatic rings. The van der Waals surface area contributed by atoms with E-state index in [4.69, 9.17) is 5.73 Å². The van der Waals surface area contributed by atoms with Gasteiger partial charge in [0.15, 0.2) is 0 Å². The lowest BCUT2D eigenvalue weighted by molar-refractivity contribution is -0.147. The van der Waals surface area contributed by atoms with Crippen LogP contribution >= 0.6 is 0 Å². The third kappa shape index (κ3) is 0.868. The molecule has 5 heteroatoms. The van der Waals surface area contributed by atoms with Gasteiger partial charge in [0.2, 0.25) is 5.96 Å². The number of hydrogen-bond donors (Lipinski definition) is 2. The summed E-state index contributed by atoms with van der Waals surface area (Å²) in [5.41, 5.74) is 7.17. The number of carbonyl (C=O) groups excluding carboxylic acids is 1. The Hall–Kier alpha value is -1.26. The van der Waals surface area contributed by atoms with Crippen LogP contribution < -0.4 is 11.2 Å². The lowest BCUT2D eigenvalue weighted by Gasteiger charge is -2.08. The smallest absolute Gasteiger partial charge is 0.353 e. The van der Waals surface area contributed by atoms with Crippen LogP contribution in [0.2, 0.25) is 0 Å². The SMILES string of the molecule is NC1=NCC(=O)ON1. The molecule has 0 atom stereocenters. The standard InChI is InChI=1S/C3H5N3O2/c4-3-5-1-2(7)8-6-3/h1H2,(H3,4,5,6). The molecular weight excluding hydrogens is 110 g/mol. The fraction of sp³-hybridized carbons (Fsp3) is 0.333. The van der Waals surface area contributed by atoms with Gasteiger partial charge in [-0.2, -0.15) is 5.48 Å². The van der Waals surface area contributed by atoms with E-state index in [9.17, 15) is 4.79 Å². The summed E-state index contributed by atoms with van der Waals surface area (Å²) in [4.78, 5) is 17.9. The van der Waals surface area contributed by atoms with Crippen molar-refractivity contribution in [2.45, 2.75) is 0 Å². The number of aliphatic imine (C=N–C) groups is 1. The normalized spacial score (nSPS) is 18.5. The van der Waals surface area contributed by atoms with Crippen LogP contribution in [0.4, 0.5) is 0 Å². The molecule has 0 aliphatic carbocycles. The largest absolute Gasteiger partial charge is 0.368 e. The zero-order valence-corrected chi connectivity index (χ0v) is 4.05. The first-order chi connectivity index (χ1) is 3.79. The maximum absolute atomic E-state index is 10.2. The van der Waals surface area contributed by atoms with Crippen molar-refractivity contribution in [3.8, 4) is 0 Å². The molecule has 0 saturated carbocycles. The highest BCUT2D eigenvalue weighted by atomic mass is 16.7. The Morgan fingerprint density at radius 2 is 2.62 bits per heavy atom. The van der Waals surface area contributed by atoms with Crippen LogP contribution in [0.15, 0.2) is 4.99 Å². The summed E-state index contributed by atoms with van der Waals surface area (Å²) in [5.74, 6) is -0.274. The topological polar surface area (TPSA) is 76.7 Å². The van der Waals surface area contributed by atoms with Gasteiger partial charge in [0.05, 0.1) is 0 Å². The molecule has 0 spiro atoms. The van der Waals surface area contributed by atoms with E-state index in [1.165, 1.54) is 0 Å². The van der Waals surface area contributed by atoms with Crippen molar-refractivity contribution in [1.82, 2.24) is 5.48 Å². The van der Waals surface area contributed by atoms with Crippen LogP contribution in [0.3, 0.4) is 0 Å². The Balaban J connectivity index is 2.55. The highest BCUT2D eigenvalue weighted by Crippen LogP contribution is 1.81. The van der Waals surface area contributed by atoms with E-state index < -0.39 is 5.97 Å². The van der Waals surface area contributed by atoms with Gasteiger partial charge < -0.3 is 10.6 Å². The zero-order valence-electron chi connectivity index (χ0n) is 4.05. The molecule has 44 valence electrons. The Morgan fingerprint density at radius 3 is 3.00 bits per heavy atom. The van der Waals surface area contributed by atoms with Crippen molar-refractivity contribution in [2.24, 2.45) is 10.7 Å². The number of hydrogen-bond acceptors (Lipinski definition) is 5. The molecule has 0 radical (unpaired) electrons. The average Bonchev–Trinajstić information content (AvgIpc) is 1.77. The number of nitrogens with two attached hydrogens (primary N) is 1. The van der Waals surface area contributed by atoms with E-state index in [2.05, 4.69) is 15.3 Å². The summed E-state index contributed by atoms with van der Waals surface area (Å²) in [7, 11) is 0.